The molecule has 0 atom stereocenters. The van der Waals surface area contributed by atoms with Gasteiger partial charge in [0, 0.05) is 56.3 Å². The van der Waals surface area contributed by atoms with Crippen LogP contribution in [0.4, 0.5) is 10.5 Å². The van der Waals surface area contributed by atoms with Crippen LogP contribution in [0, 0.1) is 0 Å². The number of aromatic nitrogens is 2. The van der Waals surface area contributed by atoms with Crippen molar-refractivity contribution in [2.24, 2.45) is 0 Å². The van der Waals surface area contributed by atoms with E-state index in [1.165, 1.54) is 0 Å². The lowest BCUT2D eigenvalue weighted by Crippen LogP contribution is -2.50. The van der Waals surface area contributed by atoms with Crippen LogP contribution in [-0.2, 0) is 4.74 Å². The first-order valence-corrected chi connectivity index (χ1v) is 12.1. The number of carbonyl (C=O) groups is 1. The number of amides is 1. The topological polar surface area (TPSA) is 68.5 Å². The van der Waals surface area contributed by atoms with E-state index >= 15 is 0 Å². The lowest BCUT2D eigenvalue weighted by Gasteiger charge is -2.37. The molecular formula is C24H28BrClN4O4. The number of fused-ring (bicyclic) bond motifs is 1. The van der Waals surface area contributed by atoms with Gasteiger partial charge >= 0.3 is 6.09 Å². The number of nitrogens with zero attached hydrogens (tertiary/aromatic N) is 4. The summed E-state index contributed by atoms with van der Waals surface area (Å²) in [6.45, 7) is 8.21. The van der Waals surface area contributed by atoms with Gasteiger partial charge in [0.15, 0.2) is 0 Å². The summed E-state index contributed by atoms with van der Waals surface area (Å²) >= 11 is 10.1. The van der Waals surface area contributed by atoms with Crippen molar-refractivity contribution in [3.63, 3.8) is 0 Å². The molecule has 1 fully saturated rings. The number of hydrogen-bond acceptors (Lipinski definition) is 6. The Morgan fingerprint density at radius 1 is 1.03 bits per heavy atom. The maximum atomic E-state index is 12.4. The summed E-state index contributed by atoms with van der Waals surface area (Å²) in [7, 11) is 3.17. The van der Waals surface area contributed by atoms with E-state index < -0.39 is 5.60 Å². The van der Waals surface area contributed by atoms with E-state index in [9.17, 15) is 4.79 Å². The molecule has 1 saturated heterocycles. The van der Waals surface area contributed by atoms with Gasteiger partial charge in [-0.2, -0.15) is 0 Å². The fourth-order valence-electron chi connectivity index (χ4n) is 3.89. The predicted molar refractivity (Wildman–Crippen MR) is 136 cm³/mol. The molecule has 0 spiro atoms. The second kappa shape index (κ2) is 9.54. The number of halogens is 2. The standard InChI is InChI=1S/C24H28BrClN4O4/c1-24(2,3)34-23(31)29-8-6-28(7-9-29)19-11-22-27-18(14-30(22)13-16(19)25)15-10-17(26)21(33-5)12-20(15)32-4/h10-14H,6-9H2,1-5H3. The van der Waals surface area contributed by atoms with Gasteiger partial charge in [-0.25, -0.2) is 9.78 Å². The Morgan fingerprint density at radius 2 is 1.71 bits per heavy atom. The van der Waals surface area contributed by atoms with Crippen molar-refractivity contribution in [3.8, 4) is 22.8 Å². The number of piperazine rings is 1. The fourth-order valence-corrected chi connectivity index (χ4v) is 4.71. The molecule has 0 N–H and O–H groups in total. The molecule has 3 aromatic rings. The molecule has 34 heavy (non-hydrogen) atoms. The van der Waals surface area contributed by atoms with Gasteiger partial charge in [0.2, 0.25) is 0 Å². The summed E-state index contributed by atoms with van der Waals surface area (Å²) in [6.07, 6.45) is 3.65. The minimum absolute atomic E-state index is 0.272. The van der Waals surface area contributed by atoms with Crippen LogP contribution < -0.4 is 14.4 Å². The number of benzene rings is 1. The average Bonchev–Trinajstić information content (AvgIpc) is 3.20. The zero-order chi connectivity index (χ0) is 24.6. The van der Waals surface area contributed by atoms with E-state index in [1.54, 1.807) is 31.3 Å². The lowest BCUT2D eigenvalue weighted by atomic mass is 10.1. The summed E-state index contributed by atoms with van der Waals surface area (Å²) < 4.78 is 19.2. The number of methoxy groups -OCH3 is 2. The summed E-state index contributed by atoms with van der Waals surface area (Å²) in [5.74, 6) is 1.17. The molecule has 8 nitrogen and oxygen atoms in total. The molecule has 0 radical (unpaired) electrons. The van der Waals surface area contributed by atoms with Gasteiger partial charge < -0.3 is 28.4 Å². The van der Waals surface area contributed by atoms with Gasteiger partial charge in [0.1, 0.15) is 22.7 Å². The number of rotatable bonds is 4. The van der Waals surface area contributed by atoms with Crippen LogP contribution in [0.1, 0.15) is 20.8 Å². The molecule has 1 aromatic carbocycles. The Balaban J connectivity index is 1.58. The van der Waals surface area contributed by atoms with Crippen LogP contribution in [0.3, 0.4) is 0 Å². The maximum absolute atomic E-state index is 12.4. The van der Waals surface area contributed by atoms with E-state index in [-0.39, 0.29) is 6.09 Å². The monoisotopic (exact) mass is 550 g/mol. The maximum Gasteiger partial charge on any atom is 0.410 e. The number of anilines is 1. The second-order valence-electron chi connectivity index (χ2n) is 9.04. The summed E-state index contributed by atoms with van der Waals surface area (Å²) in [5.41, 5.74) is 2.82. The summed E-state index contributed by atoms with van der Waals surface area (Å²) in [5, 5.41) is 0.486. The predicted octanol–water partition coefficient (Wildman–Crippen LogP) is 5.49. The van der Waals surface area contributed by atoms with Crippen molar-refractivity contribution in [2.45, 2.75) is 26.4 Å². The van der Waals surface area contributed by atoms with Gasteiger partial charge in [-0.1, -0.05) is 11.6 Å². The molecule has 0 aliphatic carbocycles. The van der Waals surface area contributed by atoms with Crippen molar-refractivity contribution in [2.75, 3.05) is 45.3 Å². The highest BCUT2D eigenvalue weighted by Crippen LogP contribution is 2.39. The third kappa shape index (κ3) is 5.05. The van der Waals surface area contributed by atoms with Crippen LogP contribution in [0.5, 0.6) is 11.5 Å². The highest BCUT2D eigenvalue weighted by molar-refractivity contribution is 9.10. The van der Waals surface area contributed by atoms with Crippen LogP contribution in [0.2, 0.25) is 5.02 Å². The molecule has 3 heterocycles. The molecule has 0 bridgehead atoms. The number of hydrogen-bond donors (Lipinski definition) is 0. The third-order valence-electron chi connectivity index (χ3n) is 5.55. The number of pyridine rings is 1. The first kappa shape index (κ1) is 24.5. The average molecular weight is 552 g/mol. The highest BCUT2D eigenvalue weighted by Gasteiger charge is 2.27. The van der Waals surface area contributed by atoms with Crippen molar-refractivity contribution >= 4 is 45.0 Å². The van der Waals surface area contributed by atoms with Gasteiger partial charge in [-0.3, -0.25) is 0 Å². The van der Waals surface area contributed by atoms with Crippen molar-refractivity contribution in [3.05, 3.63) is 40.1 Å². The Hall–Kier alpha value is -2.65. The largest absolute Gasteiger partial charge is 0.496 e. The smallest absolute Gasteiger partial charge is 0.410 e. The minimum atomic E-state index is -0.503. The van der Waals surface area contributed by atoms with E-state index in [0.29, 0.717) is 42.7 Å². The van der Waals surface area contributed by atoms with Crippen LogP contribution in [0.15, 0.2) is 35.1 Å². The second-order valence-corrected chi connectivity index (χ2v) is 10.3. The van der Waals surface area contributed by atoms with Gasteiger partial charge in [0.05, 0.1) is 35.1 Å². The van der Waals surface area contributed by atoms with E-state index in [0.717, 1.165) is 27.1 Å². The molecule has 2 aromatic heterocycles. The number of imidazole rings is 1. The molecule has 0 saturated carbocycles. The minimum Gasteiger partial charge on any atom is -0.496 e. The van der Waals surface area contributed by atoms with E-state index in [1.807, 2.05) is 43.6 Å². The third-order valence-corrected chi connectivity index (χ3v) is 6.45. The van der Waals surface area contributed by atoms with Crippen LogP contribution >= 0.6 is 27.5 Å². The van der Waals surface area contributed by atoms with Gasteiger partial charge in [0.25, 0.3) is 0 Å². The Labute approximate surface area is 212 Å². The Morgan fingerprint density at radius 3 is 2.32 bits per heavy atom. The number of ether oxygens (including phenoxy) is 3. The van der Waals surface area contributed by atoms with Crippen LogP contribution in [-0.4, -0.2) is 66.4 Å². The normalized spacial score (nSPS) is 14.4. The van der Waals surface area contributed by atoms with Crippen molar-refractivity contribution in [1.82, 2.24) is 14.3 Å². The fraction of sp³-hybridized carbons (Fsp3) is 0.417. The Bertz CT molecular complexity index is 1220. The molecule has 10 heteroatoms. The van der Waals surface area contributed by atoms with E-state index in [4.69, 9.17) is 30.8 Å². The van der Waals surface area contributed by atoms with E-state index in [2.05, 4.69) is 20.8 Å². The van der Waals surface area contributed by atoms with Crippen LogP contribution in [0.25, 0.3) is 16.9 Å². The van der Waals surface area contributed by atoms with Crippen molar-refractivity contribution < 1.29 is 19.0 Å². The zero-order valence-electron chi connectivity index (χ0n) is 19.9. The molecule has 4 rings (SSSR count). The molecule has 1 amide bonds. The Kier molecular flexibility index (Phi) is 6.87. The first-order chi connectivity index (χ1) is 16.1. The highest BCUT2D eigenvalue weighted by atomic mass is 79.9. The summed E-state index contributed by atoms with van der Waals surface area (Å²) in [6, 6.07) is 5.59. The lowest BCUT2D eigenvalue weighted by molar-refractivity contribution is 0.0240. The molecule has 1 aliphatic heterocycles. The zero-order valence-corrected chi connectivity index (χ0v) is 22.2. The SMILES string of the molecule is COc1cc(OC)c(-c2cn3cc(Br)c(N4CCN(C(=O)OC(C)(C)C)CC4)cc3n2)cc1Cl. The molecule has 0 unspecified atom stereocenters. The van der Waals surface area contributed by atoms with Crippen molar-refractivity contribution in [1.29, 1.82) is 0 Å². The number of carbonyl (C=O) groups excluding carboxylic acids is 1. The molecule has 1 aliphatic rings. The summed E-state index contributed by atoms with van der Waals surface area (Å²) in [4.78, 5) is 21.2. The first-order valence-electron chi connectivity index (χ1n) is 10.9. The van der Waals surface area contributed by atoms with Gasteiger partial charge in [-0.05, 0) is 42.8 Å². The van der Waals surface area contributed by atoms with Gasteiger partial charge in [-0.15, -0.1) is 0 Å². The molecular weight excluding hydrogens is 524 g/mol. The quantitative estimate of drug-likeness (QED) is 0.427. The molecule has 182 valence electrons.